The lowest BCUT2D eigenvalue weighted by molar-refractivity contribution is -0.384. The van der Waals surface area contributed by atoms with Gasteiger partial charge in [0.25, 0.3) is 5.69 Å². The van der Waals surface area contributed by atoms with E-state index in [1.54, 1.807) is 6.07 Å². The van der Waals surface area contributed by atoms with Crippen LogP contribution in [0.1, 0.15) is 26.3 Å². The molecule has 0 aliphatic carbocycles. The summed E-state index contributed by atoms with van der Waals surface area (Å²) in [5.41, 5.74) is -0.286. The maximum Gasteiger partial charge on any atom is 0.338 e. The highest BCUT2D eigenvalue weighted by Crippen LogP contribution is 2.30. The van der Waals surface area contributed by atoms with Crippen LogP contribution >= 0.6 is 0 Å². The molecule has 9 heteroatoms. The lowest BCUT2D eigenvalue weighted by Gasteiger charge is -2.10. The minimum Gasteiger partial charge on any atom is -0.465 e. The molecule has 9 nitrogen and oxygen atoms in total. The van der Waals surface area contributed by atoms with Gasteiger partial charge in [-0.2, -0.15) is 5.26 Å². The maximum absolute atomic E-state index is 11.8. The van der Waals surface area contributed by atoms with Crippen molar-refractivity contribution in [3.05, 3.63) is 63.2 Å². The number of carbonyl (C=O) groups excluding carboxylic acids is 2. The Labute approximate surface area is 147 Å². The van der Waals surface area contributed by atoms with Crippen LogP contribution in [-0.2, 0) is 9.47 Å². The lowest BCUT2D eigenvalue weighted by Crippen LogP contribution is -2.07. The Morgan fingerprint density at radius 1 is 1.04 bits per heavy atom. The van der Waals surface area contributed by atoms with Crippen LogP contribution < -0.4 is 4.74 Å². The molecule has 0 aliphatic rings. The van der Waals surface area contributed by atoms with Gasteiger partial charge >= 0.3 is 11.9 Å². The molecule has 0 radical (unpaired) electrons. The second-order valence-corrected chi connectivity index (χ2v) is 4.88. The normalized spacial score (nSPS) is 9.73. The van der Waals surface area contributed by atoms with Gasteiger partial charge in [0.2, 0.25) is 0 Å². The van der Waals surface area contributed by atoms with E-state index in [-0.39, 0.29) is 33.9 Å². The molecule has 0 saturated heterocycles. The van der Waals surface area contributed by atoms with Crippen molar-refractivity contribution in [2.75, 3.05) is 14.2 Å². The number of hydrogen-bond acceptors (Lipinski definition) is 8. The van der Waals surface area contributed by atoms with Crippen LogP contribution in [0.5, 0.6) is 11.5 Å². The Hall–Kier alpha value is -3.93. The van der Waals surface area contributed by atoms with Gasteiger partial charge in [-0.15, -0.1) is 0 Å². The van der Waals surface area contributed by atoms with Gasteiger partial charge in [-0.05, 0) is 24.3 Å². The number of benzene rings is 2. The van der Waals surface area contributed by atoms with Crippen molar-refractivity contribution in [3.63, 3.8) is 0 Å². The van der Waals surface area contributed by atoms with E-state index in [0.29, 0.717) is 0 Å². The minimum atomic E-state index is -0.704. The quantitative estimate of drug-likeness (QED) is 0.454. The van der Waals surface area contributed by atoms with Crippen molar-refractivity contribution in [2.24, 2.45) is 0 Å². The minimum absolute atomic E-state index is 0.0240. The highest BCUT2D eigenvalue weighted by molar-refractivity contribution is 5.96. The van der Waals surface area contributed by atoms with Gasteiger partial charge in [0, 0.05) is 12.1 Å². The number of hydrogen-bond donors (Lipinski definition) is 0. The smallest absolute Gasteiger partial charge is 0.338 e. The largest absolute Gasteiger partial charge is 0.465 e. The van der Waals surface area contributed by atoms with Crippen LogP contribution in [0, 0.1) is 21.4 Å². The van der Waals surface area contributed by atoms with Crippen molar-refractivity contribution in [2.45, 2.75) is 0 Å². The average Bonchev–Trinajstić information content (AvgIpc) is 2.66. The second kappa shape index (κ2) is 7.76. The van der Waals surface area contributed by atoms with E-state index in [2.05, 4.69) is 9.47 Å². The number of nitro benzene ring substituents is 1. The van der Waals surface area contributed by atoms with Gasteiger partial charge < -0.3 is 14.2 Å². The predicted molar refractivity (Wildman–Crippen MR) is 87.0 cm³/mol. The van der Waals surface area contributed by atoms with Crippen molar-refractivity contribution in [3.8, 4) is 17.6 Å². The topological polar surface area (TPSA) is 129 Å². The van der Waals surface area contributed by atoms with Crippen molar-refractivity contribution in [1.82, 2.24) is 0 Å². The number of ether oxygens (including phenoxy) is 3. The zero-order valence-corrected chi connectivity index (χ0v) is 13.7. The first-order valence-electron chi connectivity index (χ1n) is 7.07. The van der Waals surface area contributed by atoms with E-state index in [9.17, 15) is 19.7 Å². The van der Waals surface area contributed by atoms with Crippen LogP contribution in [-0.4, -0.2) is 31.1 Å². The molecule has 0 saturated carbocycles. The lowest BCUT2D eigenvalue weighted by atomic mass is 10.1. The van der Waals surface area contributed by atoms with Crippen molar-refractivity contribution in [1.29, 1.82) is 5.26 Å². The Balaban J connectivity index is 2.49. The third-order valence-corrected chi connectivity index (χ3v) is 3.27. The van der Waals surface area contributed by atoms with Gasteiger partial charge in [0.15, 0.2) is 0 Å². The molecule has 0 spiro atoms. The molecule has 132 valence electrons. The molecule has 2 aromatic rings. The Morgan fingerprint density at radius 3 is 2.08 bits per heavy atom. The van der Waals surface area contributed by atoms with Gasteiger partial charge in [-0.3, -0.25) is 10.1 Å². The second-order valence-electron chi connectivity index (χ2n) is 4.88. The highest BCUT2D eigenvalue weighted by Gasteiger charge is 2.17. The number of rotatable bonds is 5. The Morgan fingerprint density at radius 2 is 1.62 bits per heavy atom. The monoisotopic (exact) mass is 356 g/mol. The summed E-state index contributed by atoms with van der Waals surface area (Å²) in [6, 6.07) is 9.15. The van der Waals surface area contributed by atoms with Crippen LogP contribution in [0.2, 0.25) is 0 Å². The van der Waals surface area contributed by atoms with E-state index in [1.165, 1.54) is 44.6 Å². The molecule has 2 rings (SSSR count). The average molecular weight is 356 g/mol. The zero-order valence-electron chi connectivity index (χ0n) is 13.7. The van der Waals surface area contributed by atoms with E-state index >= 15 is 0 Å². The Kier molecular flexibility index (Phi) is 5.49. The summed E-state index contributed by atoms with van der Waals surface area (Å²) in [6.07, 6.45) is 0. The molecule has 0 aromatic heterocycles. The molecular weight excluding hydrogens is 344 g/mol. The maximum atomic E-state index is 11.8. The molecular formula is C17H12N2O7. The molecule has 0 atom stereocenters. The Bertz CT molecular complexity index is 897. The third kappa shape index (κ3) is 3.93. The fraction of sp³-hybridized carbons (Fsp3) is 0.118. The first-order valence-corrected chi connectivity index (χ1v) is 7.07. The molecule has 0 heterocycles. The fourth-order valence-electron chi connectivity index (χ4n) is 2.06. The summed E-state index contributed by atoms with van der Waals surface area (Å²) in [4.78, 5) is 33.7. The summed E-state index contributed by atoms with van der Waals surface area (Å²) in [5, 5.41) is 20.0. The number of nitriles is 1. The predicted octanol–water partition coefficient (Wildman–Crippen LogP) is 2.83. The number of nitro groups is 1. The summed E-state index contributed by atoms with van der Waals surface area (Å²) in [7, 11) is 2.36. The number of methoxy groups -OCH3 is 2. The molecule has 26 heavy (non-hydrogen) atoms. The van der Waals surface area contributed by atoms with E-state index in [1.807, 2.05) is 0 Å². The number of nitrogens with zero attached hydrogens (tertiary/aromatic N) is 2. The van der Waals surface area contributed by atoms with Crippen LogP contribution in [0.3, 0.4) is 0 Å². The zero-order chi connectivity index (χ0) is 19.3. The summed E-state index contributed by atoms with van der Waals surface area (Å²) < 4.78 is 14.8. The molecule has 0 fully saturated rings. The number of esters is 2. The van der Waals surface area contributed by atoms with E-state index in [4.69, 9.17) is 10.00 Å². The van der Waals surface area contributed by atoms with Crippen molar-refractivity contribution >= 4 is 17.6 Å². The van der Waals surface area contributed by atoms with Crippen LogP contribution in [0.25, 0.3) is 0 Å². The molecule has 2 aromatic carbocycles. The standard InChI is InChI=1S/C17H12N2O7/c1-24-16(20)10-5-11(17(21)25-2)8-14(7-10)26-15-4-3-13(19(22)23)6-12(15)9-18/h3-8H,1-2H3. The van der Waals surface area contributed by atoms with Crippen LogP contribution in [0.15, 0.2) is 36.4 Å². The van der Waals surface area contributed by atoms with Gasteiger partial charge in [0.05, 0.1) is 30.3 Å². The molecule has 0 aliphatic heterocycles. The van der Waals surface area contributed by atoms with Gasteiger partial charge in [0.1, 0.15) is 23.1 Å². The molecule has 0 bridgehead atoms. The third-order valence-electron chi connectivity index (χ3n) is 3.27. The van der Waals surface area contributed by atoms with Crippen LogP contribution in [0.4, 0.5) is 5.69 Å². The first kappa shape index (κ1) is 18.4. The van der Waals surface area contributed by atoms with Crippen molar-refractivity contribution < 1.29 is 28.7 Å². The molecule has 0 N–H and O–H groups in total. The SMILES string of the molecule is COC(=O)c1cc(Oc2ccc([N+](=O)[O-])cc2C#N)cc(C(=O)OC)c1. The summed E-state index contributed by atoms with van der Waals surface area (Å²) in [6.45, 7) is 0. The number of carbonyl (C=O) groups is 2. The summed E-state index contributed by atoms with van der Waals surface area (Å²) in [5.74, 6) is -1.33. The summed E-state index contributed by atoms with van der Waals surface area (Å²) >= 11 is 0. The highest BCUT2D eigenvalue weighted by atomic mass is 16.6. The van der Waals surface area contributed by atoms with E-state index < -0.39 is 16.9 Å². The number of non-ortho nitro benzene ring substituents is 1. The molecule has 0 amide bonds. The molecule has 0 unspecified atom stereocenters. The fourth-order valence-corrected chi connectivity index (χ4v) is 2.06. The first-order chi connectivity index (χ1) is 12.4. The van der Waals surface area contributed by atoms with Gasteiger partial charge in [-0.25, -0.2) is 9.59 Å². The van der Waals surface area contributed by atoms with Gasteiger partial charge in [-0.1, -0.05) is 0 Å². The van der Waals surface area contributed by atoms with E-state index in [0.717, 1.165) is 6.07 Å².